The second-order valence-corrected chi connectivity index (χ2v) is 8.95. The highest BCUT2D eigenvalue weighted by Crippen LogP contribution is 2.23. The van der Waals surface area contributed by atoms with E-state index in [2.05, 4.69) is 15.5 Å². The lowest BCUT2D eigenvalue weighted by Gasteiger charge is -2.09. The third-order valence-corrected chi connectivity index (χ3v) is 6.40. The summed E-state index contributed by atoms with van der Waals surface area (Å²) in [4.78, 5) is 12.9. The number of rotatable bonds is 5. The van der Waals surface area contributed by atoms with E-state index >= 15 is 0 Å². The lowest BCUT2D eigenvalue weighted by molar-refractivity contribution is 0.102. The Kier molecular flexibility index (Phi) is 5.29. The van der Waals surface area contributed by atoms with Crippen LogP contribution in [0.15, 0.2) is 83.9 Å². The third-order valence-electron chi connectivity index (χ3n) is 4.79. The molecule has 0 fully saturated rings. The van der Waals surface area contributed by atoms with Gasteiger partial charge in [-0.2, -0.15) is 0 Å². The van der Waals surface area contributed by atoms with Crippen LogP contribution in [0.5, 0.6) is 0 Å². The standard InChI is InChI=1S/C23H19N3O3S/c1-2-30(28,29)22-14-13-21(25-26-22)17-9-5-10-18(15-17)24-23(27)20-12-6-8-16-7-3-4-11-19(16)20/h3-15H,2H2,1H3,(H,24,27). The minimum atomic E-state index is -3.40. The maximum absolute atomic E-state index is 12.9. The molecule has 0 aliphatic carbocycles. The van der Waals surface area contributed by atoms with Gasteiger partial charge in [-0.1, -0.05) is 55.5 Å². The Morgan fingerprint density at radius 3 is 2.43 bits per heavy atom. The number of anilines is 1. The van der Waals surface area contributed by atoms with E-state index in [0.29, 0.717) is 16.9 Å². The highest BCUT2D eigenvalue weighted by Gasteiger charge is 2.15. The van der Waals surface area contributed by atoms with Crippen molar-refractivity contribution in [2.75, 3.05) is 11.1 Å². The fraction of sp³-hybridized carbons (Fsp3) is 0.0870. The number of hydrogen-bond acceptors (Lipinski definition) is 5. The zero-order valence-corrected chi connectivity index (χ0v) is 17.1. The van der Waals surface area contributed by atoms with Crippen molar-refractivity contribution < 1.29 is 13.2 Å². The summed E-state index contributed by atoms with van der Waals surface area (Å²) >= 11 is 0. The summed E-state index contributed by atoms with van der Waals surface area (Å²) in [5.74, 6) is -0.240. The van der Waals surface area contributed by atoms with E-state index < -0.39 is 9.84 Å². The summed E-state index contributed by atoms with van der Waals surface area (Å²) < 4.78 is 23.8. The monoisotopic (exact) mass is 417 g/mol. The molecule has 7 heteroatoms. The second kappa shape index (κ2) is 8.04. The summed E-state index contributed by atoms with van der Waals surface area (Å²) in [6.07, 6.45) is 0. The first-order valence-electron chi connectivity index (χ1n) is 9.44. The van der Waals surface area contributed by atoms with Crippen LogP contribution in [0.3, 0.4) is 0 Å². The molecule has 0 saturated heterocycles. The number of aromatic nitrogens is 2. The molecule has 0 bridgehead atoms. The van der Waals surface area contributed by atoms with Crippen molar-refractivity contribution in [3.63, 3.8) is 0 Å². The van der Waals surface area contributed by atoms with Crippen molar-refractivity contribution in [1.82, 2.24) is 10.2 Å². The first kappa shape index (κ1) is 19.7. The van der Waals surface area contributed by atoms with Gasteiger partial charge in [0.2, 0.25) is 0 Å². The zero-order chi connectivity index (χ0) is 21.1. The van der Waals surface area contributed by atoms with Crippen LogP contribution in [0.1, 0.15) is 17.3 Å². The number of sulfone groups is 1. The fourth-order valence-corrected chi connectivity index (χ4v) is 3.90. The van der Waals surface area contributed by atoms with E-state index in [-0.39, 0.29) is 16.7 Å². The maximum atomic E-state index is 12.9. The topological polar surface area (TPSA) is 89.0 Å². The smallest absolute Gasteiger partial charge is 0.256 e. The van der Waals surface area contributed by atoms with Gasteiger partial charge in [0, 0.05) is 16.8 Å². The molecule has 3 aromatic carbocycles. The number of hydrogen-bond donors (Lipinski definition) is 1. The Balaban J connectivity index is 1.60. The lowest BCUT2D eigenvalue weighted by Crippen LogP contribution is -2.12. The molecule has 4 aromatic rings. The summed E-state index contributed by atoms with van der Waals surface area (Å²) in [5.41, 5.74) is 2.44. The van der Waals surface area contributed by atoms with Gasteiger partial charge in [0.15, 0.2) is 14.9 Å². The molecule has 6 nitrogen and oxygen atoms in total. The van der Waals surface area contributed by atoms with Gasteiger partial charge in [-0.3, -0.25) is 4.79 Å². The molecule has 0 atom stereocenters. The lowest BCUT2D eigenvalue weighted by atomic mass is 10.0. The van der Waals surface area contributed by atoms with Crippen molar-refractivity contribution in [1.29, 1.82) is 0 Å². The highest BCUT2D eigenvalue weighted by atomic mass is 32.2. The van der Waals surface area contributed by atoms with Crippen LogP contribution in [0.4, 0.5) is 5.69 Å². The van der Waals surface area contributed by atoms with E-state index in [1.165, 1.54) is 6.07 Å². The van der Waals surface area contributed by atoms with Crippen LogP contribution in [0.25, 0.3) is 22.0 Å². The largest absolute Gasteiger partial charge is 0.322 e. The van der Waals surface area contributed by atoms with E-state index in [1.807, 2.05) is 42.5 Å². The number of carbonyl (C=O) groups excluding carboxylic acids is 1. The molecule has 0 saturated carbocycles. The molecule has 0 radical (unpaired) electrons. The molecule has 30 heavy (non-hydrogen) atoms. The first-order chi connectivity index (χ1) is 14.5. The molecule has 150 valence electrons. The maximum Gasteiger partial charge on any atom is 0.256 e. The molecule has 1 amide bonds. The van der Waals surface area contributed by atoms with Crippen LogP contribution >= 0.6 is 0 Å². The summed E-state index contributed by atoms with van der Waals surface area (Å²) in [6.45, 7) is 1.56. The normalized spacial score (nSPS) is 11.4. The van der Waals surface area contributed by atoms with Crippen LogP contribution in [0.2, 0.25) is 0 Å². The SMILES string of the molecule is CCS(=O)(=O)c1ccc(-c2cccc(NC(=O)c3cccc4ccccc34)c2)nn1. The fourth-order valence-electron chi connectivity index (χ4n) is 3.17. The quantitative estimate of drug-likeness (QED) is 0.522. The van der Waals surface area contributed by atoms with Gasteiger partial charge in [0.25, 0.3) is 5.91 Å². The summed E-state index contributed by atoms with van der Waals surface area (Å²) in [5, 5.41) is 12.6. The molecule has 0 aliphatic rings. The van der Waals surface area contributed by atoms with E-state index in [1.54, 1.807) is 37.3 Å². The molecule has 4 rings (SSSR count). The third kappa shape index (κ3) is 3.92. The van der Waals surface area contributed by atoms with Gasteiger partial charge in [0.1, 0.15) is 0 Å². The highest BCUT2D eigenvalue weighted by molar-refractivity contribution is 7.91. The average molecular weight is 417 g/mol. The molecular formula is C23H19N3O3S. The Bertz CT molecular complexity index is 1330. The van der Waals surface area contributed by atoms with Gasteiger partial charge in [0.05, 0.1) is 11.4 Å². The predicted octanol–water partition coefficient (Wildman–Crippen LogP) is 4.34. The predicted molar refractivity (Wildman–Crippen MR) is 117 cm³/mol. The van der Waals surface area contributed by atoms with E-state index in [0.717, 1.165) is 16.3 Å². The number of nitrogens with one attached hydrogen (secondary N) is 1. The van der Waals surface area contributed by atoms with Gasteiger partial charge in [-0.25, -0.2) is 8.42 Å². The van der Waals surface area contributed by atoms with Crippen LogP contribution in [-0.4, -0.2) is 30.3 Å². The Morgan fingerprint density at radius 1 is 0.900 bits per heavy atom. The molecule has 0 aliphatic heterocycles. The van der Waals surface area contributed by atoms with Crippen molar-refractivity contribution in [2.45, 2.75) is 11.9 Å². The number of benzene rings is 3. The van der Waals surface area contributed by atoms with Crippen molar-refractivity contribution >= 4 is 32.2 Å². The average Bonchev–Trinajstić information content (AvgIpc) is 2.79. The van der Waals surface area contributed by atoms with Crippen molar-refractivity contribution in [3.05, 3.63) is 84.4 Å². The van der Waals surface area contributed by atoms with Crippen LogP contribution < -0.4 is 5.32 Å². The first-order valence-corrected chi connectivity index (χ1v) is 11.1. The molecule has 1 aromatic heterocycles. The molecule has 0 spiro atoms. The Morgan fingerprint density at radius 2 is 1.67 bits per heavy atom. The molecule has 1 heterocycles. The van der Waals surface area contributed by atoms with Crippen LogP contribution in [0, 0.1) is 0 Å². The Labute approximate surface area is 174 Å². The number of fused-ring (bicyclic) bond motifs is 1. The van der Waals surface area contributed by atoms with E-state index in [4.69, 9.17) is 0 Å². The van der Waals surface area contributed by atoms with Gasteiger partial charge in [-0.05, 0) is 41.1 Å². The Hall–Kier alpha value is -3.58. The van der Waals surface area contributed by atoms with Gasteiger partial charge in [-0.15, -0.1) is 10.2 Å². The summed E-state index contributed by atoms with van der Waals surface area (Å²) in [7, 11) is -3.40. The van der Waals surface area contributed by atoms with Crippen molar-refractivity contribution in [2.24, 2.45) is 0 Å². The van der Waals surface area contributed by atoms with Crippen LogP contribution in [-0.2, 0) is 9.84 Å². The summed E-state index contributed by atoms with van der Waals surface area (Å²) in [6, 6.07) is 23.6. The minimum absolute atomic E-state index is 0.0310. The second-order valence-electron chi connectivity index (χ2n) is 6.72. The van der Waals surface area contributed by atoms with Gasteiger partial charge < -0.3 is 5.32 Å². The number of amides is 1. The zero-order valence-electron chi connectivity index (χ0n) is 16.2. The van der Waals surface area contributed by atoms with Crippen molar-refractivity contribution in [3.8, 4) is 11.3 Å². The molecule has 0 unspecified atom stereocenters. The molecular weight excluding hydrogens is 398 g/mol. The van der Waals surface area contributed by atoms with E-state index in [9.17, 15) is 13.2 Å². The van der Waals surface area contributed by atoms with Gasteiger partial charge >= 0.3 is 0 Å². The molecule has 1 N–H and O–H groups in total. The number of carbonyl (C=O) groups is 1. The minimum Gasteiger partial charge on any atom is -0.322 e. The number of nitrogens with zero attached hydrogens (tertiary/aromatic N) is 2.